The van der Waals surface area contributed by atoms with Crippen LogP contribution in [0.5, 0.6) is 11.5 Å². The van der Waals surface area contributed by atoms with E-state index < -0.39 is 0 Å². The molecule has 0 unspecified atom stereocenters. The molecule has 1 saturated heterocycles. The molecule has 160 valence electrons. The van der Waals surface area contributed by atoms with E-state index in [9.17, 15) is 4.79 Å². The zero-order valence-corrected chi connectivity index (χ0v) is 19.4. The number of rotatable bonds is 9. The van der Waals surface area contributed by atoms with Gasteiger partial charge >= 0.3 is 0 Å². The van der Waals surface area contributed by atoms with Gasteiger partial charge in [0.1, 0.15) is 11.5 Å². The molecule has 8 heteroatoms. The summed E-state index contributed by atoms with van der Waals surface area (Å²) in [7, 11) is 0. The molecule has 0 bridgehead atoms. The lowest BCUT2D eigenvalue weighted by Gasteiger charge is -2.13. The quantitative estimate of drug-likeness (QED) is 0.390. The Labute approximate surface area is 190 Å². The van der Waals surface area contributed by atoms with E-state index in [0.717, 1.165) is 12.0 Å². The highest BCUT2D eigenvalue weighted by atomic mass is 35.5. The maximum atomic E-state index is 12.0. The Bertz CT molecular complexity index is 871. The zero-order valence-electron chi connectivity index (χ0n) is 17.0. The minimum Gasteiger partial charge on any atom is -0.489 e. The molecule has 0 saturated carbocycles. The Balaban J connectivity index is 1.44. The van der Waals surface area contributed by atoms with E-state index in [2.05, 4.69) is 29.6 Å². The molecule has 1 atom stereocenters. The first-order valence-electron chi connectivity index (χ1n) is 9.79. The van der Waals surface area contributed by atoms with Gasteiger partial charge in [0.2, 0.25) is 0 Å². The number of hydrazone groups is 1. The highest BCUT2D eigenvalue weighted by molar-refractivity contribution is 8.19. The third kappa shape index (κ3) is 6.86. The number of nitrogens with zero attached hydrogens (tertiary/aromatic N) is 1. The number of ether oxygens (including phenoxy) is 2. The molecular weight excluding hydrogens is 440 g/mol. The third-order valence-corrected chi connectivity index (χ3v) is 7.81. The average molecular weight is 465 g/mol. The smallest absolute Gasteiger partial charge is 0.277 e. The normalized spacial score (nSPS) is 15.3. The van der Waals surface area contributed by atoms with E-state index in [4.69, 9.17) is 21.1 Å². The summed E-state index contributed by atoms with van der Waals surface area (Å²) in [5.74, 6) is 3.35. The van der Waals surface area contributed by atoms with Crippen molar-refractivity contribution in [1.29, 1.82) is 0 Å². The molecule has 1 fully saturated rings. The summed E-state index contributed by atoms with van der Waals surface area (Å²) < 4.78 is 11.8. The van der Waals surface area contributed by atoms with Gasteiger partial charge in [-0.25, -0.2) is 5.43 Å². The summed E-state index contributed by atoms with van der Waals surface area (Å²) in [6, 6.07) is 13.3. The second kappa shape index (κ2) is 11.5. The summed E-state index contributed by atoms with van der Waals surface area (Å²) >= 11 is 10.2. The van der Waals surface area contributed by atoms with Crippen LogP contribution in [0.15, 0.2) is 47.6 Å². The summed E-state index contributed by atoms with van der Waals surface area (Å²) in [6.45, 7) is 3.94. The van der Waals surface area contributed by atoms with Gasteiger partial charge in [-0.3, -0.25) is 4.79 Å². The van der Waals surface area contributed by atoms with E-state index in [-0.39, 0.29) is 18.6 Å². The fraction of sp³-hybridized carbons (Fsp3) is 0.364. The third-order valence-electron chi connectivity index (χ3n) is 4.41. The Kier molecular flexibility index (Phi) is 8.78. The predicted octanol–water partition coefficient (Wildman–Crippen LogP) is 5.53. The molecule has 30 heavy (non-hydrogen) atoms. The number of benzene rings is 2. The van der Waals surface area contributed by atoms with Crippen molar-refractivity contribution in [3.05, 3.63) is 58.6 Å². The molecule has 0 radical (unpaired) electrons. The summed E-state index contributed by atoms with van der Waals surface area (Å²) in [6.07, 6.45) is 2.52. The van der Waals surface area contributed by atoms with E-state index in [1.165, 1.54) is 23.3 Å². The first-order valence-corrected chi connectivity index (χ1v) is 12.3. The lowest BCUT2D eigenvalue weighted by molar-refractivity contribution is -0.123. The zero-order chi connectivity index (χ0) is 21.3. The molecular formula is C22H25ClN2O3S2. The number of carbonyl (C=O) groups excluding carboxylic acids is 1. The number of amides is 1. The van der Waals surface area contributed by atoms with Crippen molar-refractivity contribution in [2.75, 3.05) is 18.1 Å². The minimum absolute atomic E-state index is 0.0954. The molecule has 2 aromatic carbocycles. The van der Waals surface area contributed by atoms with Crippen LogP contribution in [0.1, 0.15) is 36.0 Å². The maximum absolute atomic E-state index is 12.0. The molecule has 1 aliphatic heterocycles. The van der Waals surface area contributed by atoms with Gasteiger partial charge in [-0.1, -0.05) is 30.7 Å². The topological polar surface area (TPSA) is 59.9 Å². The SMILES string of the molecule is CC[C@@H](C)Oc1ccc(/C=N\NC(=O)COc2ccc(C3SCCS3)cc2)cc1Cl. The molecule has 1 amide bonds. The lowest BCUT2D eigenvalue weighted by atomic mass is 10.2. The number of thioether (sulfide) groups is 2. The lowest BCUT2D eigenvalue weighted by Crippen LogP contribution is -2.24. The monoisotopic (exact) mass is 464 g/mol. The van der Waals surface area contributed by atoms with Crippen LogP contribution in [0.3, 0.4) is 0 Å². The van der Waals surface area contributed by atoms with Crippen molar-refractivity contribution in [3.63, 3.8) is 0 Å². The van der Waals surface area contributed by atoms with Gasteiger partial charge in [-0.05, 0) is 54.8 Å². The number of carbonyl (C=O) groups is 1. The predicted molar refractivity (Wildman–Crippen MR) is 127 cm³/mol. The van der Waals surface area contributed by atoms with Crippen molar-refractivity contribution in [2.45, 2.75) is 31.0 Å². The van der Waals surface area contributed by atoms with Crippen LogP contribution in [0.25, 0.3) is 0 Å². The van der Waals surface area contributed by atoms with E-state index >= 15 is 0 Å². The summed E-state index contributed by atoms with van der Waals surface area (Å²) in [4.78, 5) is 12.0. The number of halogens is 1. The Morgan fingerprint density at radius 1 is 1.27 bits per heavy atom. The van der Waals surface area contributed by atoms with Crippen LogP contribution in [0.4, 0.5) is 0 Å². The van der Waals surface area contributed by atoms with Gasteiger partial charge in [0.05, 0.1) is 21.9 Å². The highest BCUT2D eigenvalue weighted by Gasteiger charge is 2.18. The number of hydrogen-bond donors (Lipinski definition) is 1. The second-order valence-electron chi connectivity index (χ2n) is 6.75. The fourth-order valence-electron chi connectivity index (χ4n) is 2.63. The van der Waals surface area contributed by atoms with Crippen molar-refractivity contribution < 1.29 is 14.3 Å². The van der Waals surface area contributed by atoms with Crippen molar-refractivity contribution in [2.24, 2.45) is 5.10 Å². The Morgan fingerprint density at radius 2 is 2.00 bits per heavy atom. The molecule has 5 nitrogen and oxygen atoms in total. The largest absolute Gasteiger partial charge is 0.489 e. The standard InChI is InChI=1S/C22H25ClN2O3S2/c1-3-15(2)28-20-9-4-16(12-19(20)23)13-24-25-21(26)14-27-18-7-5-17(6-8-18)22-29-10-11-30-22/h4-9,12-13,15,22H,3,10-11,14H2,1-2H3,(H,25,26)/b24-13-/t15-/m1/s1. The summed E-state index contributed by atoms with van der Waals surface area (Å²) in [5, 5.41) is 4.46. The minimum atomic E-state index is -0.333. The average Bonchev–Trinajstić information content (AvgIpc) is 3.29. The molecule has 1 heterocycles. The number of nitrogens with one attached hydrogen (secondary N) is 1. The van der Waals surface area contributed by atoms with Crippen molar-refractivity contribution in [1.82, 2.24) is 5.43 Å². The van der Waals surface area contributed by atoms with E-state index in [0.29, 0.717) is 21.1 Å². The molecule has 2 aromatic rings. The van der Waals surface area contributed by atoms with Crippen LogP contribution in [-0.4, -0.2) is 36.3 Å². The first-order chi connectivity index (χ1) is 14.5. The fourth-order valence-corrected chi connectivity index (χ4v) is 5.72. The van der Waals surface area contributed by atoms with Crippen molar-refractivity contribution in [3.8, 4) is 11.5 Å². The molecule has 3 rings (SSSR count). The Hall–Kier alpha value is -1.83. The molecule has 0 aromatic heterocycles. The summed E-state index contributed by atoms with van der Waals surface area (Å²) in [5.41, 5.74) is 4.50. The van der Waals surface area contributed by atoms with Gasteiger partial charge in [0.15, 0.2) is 6.61 Å². The number of hydrogen-bond acceptors (Lipinski definition) is 6. The van der Waals surface area contributed by atoms with Gasteiger partial charge in [-0.2, -0.15) is 5.10 Å². The van der Waals surface area contributed by atoms with Crippen molar-refractivity contribution >= 4 is 47.2 Å². The van der Waals surface area contributed by atoms with Gasteiger partial charge in [-0.15, -0.1) is 23.5 Å². The molecule has 1 aliphatic rings. The molecule has 0 aliphatic carbocycles. The van der Waals surface area contributed by atoms with Crippen LogP contribution < -0.4 is 14.9 Å². The highest BCUT2D eigenvalue weighted by Crippen LogP contribution is 2.45. The second-order valence-corrected chi connectivity index (χ2v) is 9.88. The maximum Gasteiger partial charge on any atom is 0.277 e. The van der Waals surface area contributed by atoms with Crippen LogP contribution in [0, 0.1) is 0 Å². The molecule has 1 N–H and O–H groups in total. The van der Waals surface area contributed by atoms with E-state index in [1.807, 2.05) is 48.6 Å². The Morgan fingerprint density at radius 3 is 2.67 bits per heavy atom. The van der Waals surface area contributed by atoms with Gasteiger partial charge in [0, 0.05) is 11.5 Å². The molecule has 0 spiro atoms. The first kappa shape index (κ1) is 22.8. The van der Waals surface area contributed by atoms with E-state index in [1.54, 1.807) is 12.1 Å². The van der Waals surface area contributed by atoms with Gasteiger partial charge in [0.25, 0.3) is 5.91 Å². The van der Waals surface area contributed by atoms with Crippen LogP contribution in [-0.2, 0) is 4.79 Å². The van der Waals surface area contributed by atoms with Crippen LogP contribution in [0.2, 0.25) is 5.02 Å². The van der Waals surface area contributed by atoms with Crippen LogP contribution >= 0.6 is 35.1 Å². The van der Waals surface area contributed by atoms with Gasteiger partial charge < -0.3 is 9.47 Å².